The molecule has 0 aliphatic carbocycles. The zero-order valence-corrected chi connectivity index (χ0v) is 13.6. The number of ketones is 1. The molecule has 2 N–H and O–H groups in total. The number of esters is 1. The van der Waals surface area contributed by atoms with Gasteiger partial charge in [0.05, 0.1) is 11.7 Å². The number of nitrogens with two attached hydrogens (primary N) is 1. The Morgan fingerprint density at radius 1 is 1.08 bits per heavy atom. The summed E-state index contributed by atoms with van der Waals surface area (Å²) >= 11 is 0. The molecule has 6 heteroatoms. The third-order valence-electron chi connectivity index (χ3n) is 4.01. The third-order valence-corrected chi connectivity index (χ3v) is 4.01. The van der Waals surface area contributed by atoms with Crippen LogP contribution in [0, 0.1) is 0 Å². The van der Waals surface area contributed by atoms with Crippen molar-refractivity contribution in [3.8, 4) is 0 Å². The number of rotatable bonds is 4. The van der Waals surface area contributed by atoms with Crippen molar-refractivity contribution >= 4 is 23.3 Å². The smallest absolute Gasteiger partial charge is 0.326 e. The quantitative estimate of drug-likeness (QED) is 0.857. The van der Waals surface area contributed by atoms with Crippen molar-refractivity contribution in [2.45, 2.75) is 19.1 Å². The topological polar surface area (TPSA) is 89.7 Å². The first-order valence-corrected chi connectivity index (χ1v) is 7.95. The maximum absolute atomic E-state index is 12.5. The van der Waals surface area contributed by atoms with Gasteiger partial charge in [-0.15, -0.1) is 0 Å². The number of fused-ring (bicyclic) bond motifs is 1. The van der Waals surface area contributed by atoms with Crippen molar-refractivity contribution in [2.24, 2.45) is 5.73 Å². The van der Waals surface area contributed by atoms with Crippen LogP contribution in [0.25, 0.3) is 0 Å². The molecule has 0 bridgehead atoms. The molecule has 1 amide bonds. The standard InChI is InChI=1S/C19H18N2O4/c20-15-10-17(22)14-8-4-5-9-16(14)21(19(15)24)11-18(23)25-12-13-6-2-1-3-7-13/h1-9,15H,10-12,20H2/t15-/m0/s1. The molecule has 25 heavy (non-hydrogen) atoms. The number of benzene rings is 2. The second-order valence-corrected chi connectivity index (χ2v) is 5.82. The molecule has 1 atom stereocenters. The lowest BCUT2D eigenvalue weighted by Crippen LogP contribution is -2.45. The predicted octanol–water partition coefficient (Wildman–Crippen LogP) is 1.68. The Hall–Kier alpha value is -2.99. The van der Waals surface area contributed by atoms with E-state index < -0.39 is 17.9 Å². The van der Waals surface area contributed by atoms with Gasteiger partial charge in [-0.05, 0) is 17.7 Å². The van der Waals surface area contributed by atoms with Crippen molar-refractivity contribution < 1.29 is 19.1 Å². The number of ether oxygens (including phenoxy) is 1. The molecule has 1 aliphatic heterocycles. The lowest BCUT2D eigenvalue weighted by atomic mass is 10.1. The van der Waals surface area contributed by atoms with Crippen LogP contribution in [-0.2, 0) is 20.9 Å². The van der Waals surface area contributed by atoms with E-state index in [0.717, 1.165) is 5.56 Å². The number of anilines is 1. The Kier molecular flexibility index (Phi) is 4.90. The fourth-order valence-electron chi connectivity index (χ4n) is 2.74. The first kappa shape index (κ1) is 16.9. The minimum atomic E-state index is -0.971. The van der Waals surface area contributed by atoms with Gasteiger partial charge in [0.25, 0.3) is 0 Å². The van der Waals surface area contributed by atoms with Crippen molar-refractivity contribution in [2.75, 3.05) is 11.4 Å². The van der Waals surface area contributed by atoms with Gasteiger partial charge in [0.1, 0.15) is 13.2 Å². The highest BCUT2D eigenvalue weighted by Gasteiger charge is 2.33. The molecule has 6 nitrogen and oxygen atoms in total. The van der Waals surface area contributed by atoms with Crippen molar-refractivity contribution in [1.29, 1.82) is 0 Å². The Balaban J connectivity index is 1.77. The van der Waals surface area contributed by atoms with E-state index in [0.29, 0.717) is 11.3 Å². The number of hydrogen-bond donors (Lipinski definition) is 1. The summed E-state index contributed by atoms with van der Waals surface area (Å²) in [5, 5.41) is 0. The SMILES string of the molecule is N[C@H]1CC(=O)c2ccccc2N(CC(=O)OCc2ccccc2)C1=O. The molecule has 1 heterocycles. The Morgan fingerprint density at radius 3 is 2.52 bits per heavy atom. The second-order valence-electron chi connectivity index (χ2n) is 5.82. The van der Waals surface area contributed by atoms with Crippen molar-refractivity contribution in [1.82, 2.24) is 0 Å². The minimum Gasteiger partial charge on any atom is -0.459 e. The van der Waals surface area contributed by atoms with Gasteiger partial charge in [-0.25, -0.2) is 0 Å². The summed E-state index contributed by atoms with van der Waals surface area (Å²) in [6, 6.07) is 15.0. The zero-order chi connectivity index (χ0) is 17.8. The molecule has 128 valence electrons. The van der Waals surface area contributed by atoms with E-state index in [4.69, 9.17) is 10.5 Å². The fraction of sp³-hybridized carbons (Fsp3) is 0.211. The van der Waals surface area contributed by atoms with Gasteiger partial charge >= 0.3 is 5.97 Å². The lowest BCUT2D eigenvalue weighted by Gasteiger charge is -2.23. The summed E-state index contributed by atoms with van der Waals surface area (Å²) in [6.07, 6.45) is -0.0780. The van der Waals surface area contributed by atoms with E-state index in [-0.39, 0.29) is 25.4 Å². The average Bonchev–Trinajstić information content (AvgIpc) is 2.72. The lowest BCUT2D eigenvalue weighted by molar-refractivity contribution is -0.144. The third kappa shape index (κ3) is 3.75. The van der Waals surface area contributed by atoms with Crippen LogP contribution < -0.4 is 10.6 Å². The van der Waals surface area contributed by atoms with Crippen LogP contribution in [0.3, 0.4) is 0 Å². The van der Waals surface area contributed by atoms with E-state index in [1.807, 2.05) is 30.3 Å². The molecule has 2 aromatic rings. The molecule has 0 spiro atoms. The van der Waals surface area contributed by atoms with Crippen LogP contribution >= 0.6 is 0 Å². The molecular formula is C19H18N2O4. The van der Waals surface area contributed by atoms with Gasteiger partial charge in [-0.3, -0.25) is 19.3 Å². The number of amides is 1. The van der Waals surface area contributed by atoms with E-state index in [1.165, 1.54) is 4.90 Å². The van der Waals surface area contributed by atoms with Gasteiger partial charge in [0.15, 0.2) is 5.78 Å². The molecule has 0 saturated carbocycles. The van der Waals surface area contributed by atoms with Gasteiger partial charge in [-0.1, -0.05) is 42.5 Å². The number of carbonyl (C=O) groups is 3. The summed E-state index contributed by atoms with van der Waals surface area (Å²) in [6.45, 7) is -0.169. The first-order valence-electron chi connectivity index (χ1n) is 7.95. The number of carbonyl (C=O) groups excluding carboxylic acids is 3. The van der Waals surface area contributed by atoms with Crippen LogP contribution in [0.15, 0.2) is 54.6 Å². The Bertz CT molecular complexity index is 804. The number of nitrogens with zero attached hydrogens (tertiary/aromatic N) is 1. The van der Waals surface area contributed by atoms with Crippen LogP contribution in [0.5, 0.6) is 0 Å². The highest BCUT2D eigenvalue weighted by Crippen LogP contribution is 2.26. The molecule has 0 fully saturated rings. The maximum Gasteiger partial charge on any atom is 0.326 e. The Labute approximate surface area is 145 Å². The normalized spacial score (nSPS) is 17.0. The van der Waals surface area contributed by atoms with E-state index in [1.54, 1.807) is 24.3 Å². The molecule has 3 rings (SSSR count). The van der Waals surface area contributed by atoms with Crippen LogP contribution in [-0.4, -0.2) is 30.2 Å². The Morgan fingerprint density at radius 2 is 1.76 bits per heavy atom. The summed E-state index contributed by atoms with van der Waals surface area (Å²) < 4.78 is 5.24. The van der Waals surface area contributed by atoms with Gasteiger partial charge in [-0.2, -0.15) is 0 Å². The largest absolute Gasteiger partial charge is 0.459 e. The average molecular weight is 338 g/mol. The van der Waals surface area contributed by atoms with Crippen LogP contribution in [0.4, 0.5) is 5.69 Å². The fourth-order valence-corrected chi connectivity index (χ4v) is 2.74. The summed E-state index contributed by atoms with van der Waals surface area (Å²) in [4.78, 5) is 38.2. The number of hydrogen-bond acceptors (Lipinski definition) is 5. The molecule has 0 unspecified atom stereocenters. The molecule has 1 aliphatic rings. The van der Waals surface area contributed by atoms with Crippen LogP contribution in [0.1, 0.15) is 22.3 Å². The monoisotopic (exact) mass is 338 g/mol. The van der Waals surface area contributed by atoms with Gasteiger partial charge in [0.2, 0.25) is 5.91 Å². The highest BCUT2D eigenvalue weighted by molar-refractivity contribution is 6.13. The second kappa shape index (κ2) is 7.27. The maximum atomic E-state index is 12.5. The summed E-state index contributed by atoms with van der Waals surface area (Å²) in [5.41, 5.74) is 7.45. The van der Waals surface area contributed by atoms with E-state index in [2.05, 4.69) is 0 Å². The highest BCUT2D eigenvalue weighted by atomic mass is 16.5. The molecular weight excluding hydrogens is 320 g/mol. The summed E-state index contributed by atoms with van der Waals surface area (Å²) in [7, 11) is 0. The molecule has 0 radical (unpaired) electrons. The number of Topliss-reactive ketones (excluding diaryl/α,β-unsaturated/α-hetero) is 1. The minimum absolute atomic E-state index is 0.0780. The molecule has 2 aromatic carbocycles. The van der Waals surface area contributed by atoms with E-state index in [9.17, 15) is 14.4 Å². The van der Waals surface area contributed by atoms with Crippen molar-refractivity contribution in [3.63, 3.8) is 0 Å². The molecule has 0 aromatic heterocycles. The van der Waals surface area contributed by atoms with E-state index >= 15 is 0 Å². The van der Waals surface area contributed by atoms with Gasteiger partial charge < -0.3 is 10.5 Å². The van der Waals surface area contributed by atoms with Gasteiger partial charge in [0, 0.05) is 12.0 Å². The van der Waals surface area contributed by atoms with Crippen molar-refractivity contribution in [3.05, 3.63) is 65.7 Å². The van der Waals surface area contributed by atoms with Crippen LogP contribution in [0.2, 0.25) is 0 Å². The predicted molar refractivity (Wildman–Crippen MR) is 92.0 cm³/mol. The molecule has 0 saturated heterocycles. The number of para-hydroxylation sites is 1. The summed E-state index contributed by atoms with van der Waals surface area (Å²) in [5.74, 6) is -1.24. The first-order chi connectivity index (χ1) is 12.1. The zero-order valence-electron chi connectivity index (χ0n) is 13.6.